The summed E-state index contributed by atoms with van der Waals surface area (Å²) in [6.45, 7) is 8.11. The predicted octanol–water partition coefficient (Wildman–Crippen LogP) is 5.00. The van der Waals surface area contributed by atoms with Crippen LogP contribution in [0.2, 0.25) is 0 Å². The molecule has 0 aliphatic carbocycles. The topological polar surface area (TPSA) is 49.3 Å². The van der Waals surface area contributed by atoms with E-state index in [0.29, 0.717) is 0 Å². The van der Waals surface area contributed by atoms with Gasteiger partial charge in [-0.3, -0.25) is 0 Å². The van der Waals surface area contributed by atoms with Gasteiger partial charge in [0, 0.05) is 16.1 Å². The fourth-order valence-corrected chi connectivity index (χ4v) is 3.17. The molecule has 3 nitrogen and oxygen atoms in total. The first kappa shape index (κ1) is 18.9. The summed E-state index contributed by atoms with van der Waals surface area (Å²) < 4.78 is 0. The number of aliphatic hydroxyl groups excluding tert-OH is 1. The molecule has 122 valence electrons. The third-order valence-corrected chi connectivity index (χ3v) is 4.32. The van der Waals surface area contributed by atoms with Gasteiger partial charge < -0.3 is 15.2 Å². The quantitative estimate of drug-likeness (QED) is 0.702. The Morgan fingerprint density at radius 2 is 2.00 bits per heavy atom. The first-order valence-corrected chi connectivity index (χ1v) is 8.20. The zero-order valence-corrected chi connectivity index (χ0v) is 14.2. The van der Waals surface area contributed by atoms with E-state index in [0.717, 1.165) is 34.0 Å². The summed E-state index contributed by atoms with van der Waals surface area (Å²) in [5.41, 5.74) is 3.07. The predicted molar refractivity (Wildman–Crippen MR) is 99.6 cm³/mol. The lowest BCUT2D eigenvalue weighted by Gasteiger charge is -2.07. The highest BCUT2D eigenvalue weighted by atomic mass is 32.1. The van der Waals surface area contributed by atoms with Gasteiger partial charge >= 0.3 is 0 Å². The van der Waals surface area contributed by atoms with E-state index in [4.69, 9.17) is 4.79 Å². The Morgan fingerprint density at radius 1 is 1.30 bits per heavy atom. The molecule has 2 rings (SSSR count). The molecule has 0 saturated heterocycles. The van der Waals surface area contributed by atoms with Crippen LogP contribution in [-0.2, 0) is 11.4 Å². The molecule has 1 aromatic heterocycles. The number of carbonyl (C=O) groups is 1. The van der Waals surface area contributed by atoms with Crippen molar-refractivity contribution >= 4 is 23.1 Å². The summed E-state index contributed by atoms with van der Waals surface area (Å²) in [6, 6.07) is 12.3. The van der Waals surface area contributed by atoms with E-state index in [1.165, 1.54) is 5.56 Å². The summed E-state index contributed by atoms with van der Waals surface area (Å²) in [6.07, 6.45) is 6.05. The maximum absolute atomic E-state index is 9.53. The van der Waals surface area contributed by atoms with E-state index in [2.05, 4.69) is 30.1 Å². The molecule has 0 amide bonds. The third-order valence-electron chi connectivity index (χ3n) is 3.18. The van der Waals surface area contributed by atoms with Crippen LogP contribution in [0.15, 0.2) is 60.8 Å². The molecular formula is C19H23NO2S. The van der Waals surface area contributed by atoms with Crippen LogP contribution in [0.4, 0.5) is 5.00 Å². The molecular weight excluding hydrogens is 306 g/mol. The SMILES string of the molecule is C=C(CC/C=C\C)Nc1sc(-c2ccccc2)cc1CO.C=O. The Bertz CT molecular complexity index is 632. The smallest absolute Gasteiger partial charge is 0.106 e. The van der Waals surface area contributed by atoms with Gasteiger partial charge in [0.15, 0.2) is 0 Å². The minimum atomic E-state index is 0.0355. The van der Waals surface area contributed by atoms with Gasteiger partial charge in [-0.05, 0) is 31.4 Å². The number of aliphatic hydroxyl groups is 1. The number of hydrogen-bond acceptors (Lipinski definition) is 4. The van der Waals surface area contributed by atoms with Gasteiger partial charge in [-0.1, -0.05) is 49.1 Å². The normalized spacial score (nSPS) is 10.2. The molecule has 2 N–H and O–H groups in total. The Kier molecular flexibility index (Phi) is 8.65. The van der Waals surface area contributed by atoms with Crippen molar-refractivity contribution < 1.29 is 9.90 Å². The molecule has 0 unspecified atom stereocenters. The number of allylic oxidation sites excluding steroid dienone is 3. The van der Waals surface area contributed by atoms with Gasteiger partial charge in [0.2, 0.25) is 0 Å². The van der Waals surface area contributed by atoms with E-state index in [1.807, 2.05) is 44.1 Å². The Hall–Kier alpha value is -2.17. The van der Waals surface area contributed by atoms with Gasteiger partial charge in [0.1, 0.15) is 6.79 Å². The molecule has 0 radical (unpaired) electrons. The van der Waals surface area contributed by atoms with Crippen LogP contribution < -0.4 is 5.32 Å². The second-order valence-electron chi connectivity index (χ2n) is 4.83. The Balaban J connectivity index is 0.00000127. The zero-order chi connectivity index (χ0) is 17.1. The van der Waals surface area contributed by atoms with Crippen LogP contribution in [0.25, 0.3) is 10.4 Å². The lowest BCUT2D eigenvalue weighted by Crippen LogP contribution is -1.98. The first-order valence-electron chi connectivity index (χ1n) is 7.38. The summed E-state index contributed by atoms with van der Waals surface area (Å²) >= 11 is 1.65. The molecule has 0 aliphatic heterocycles. The molecule has 2 aromatic rings. The van der Waals surface area contributed by atoms with Gasteiger partial charge in [0.05, 0.1) is 11.6 Å². The van der Waals surface area contributed by atoms with E-state index >= 15 is 0 Å². The van der Waals surface area contributed by atoms with Gasteiger partial charge in [-0.2, -0.15) is 0 Å². The number of nitrogens with one attached hydrogen (secondary N) is 1. The summed E-state index contributed by atoms with van der Waals surface area (Å²) in [7, 11) is 0. The minimum absolute atomic E-state index is 0.0355. The van der Waals surface area contributed by atoms with Crippen molar-refractivity contribution in [3.63, 3.8) is 0 Å². The minimum Gasteiger partial charge on any atom is -0.392 e. The number of rotatable bonds is 7. The second kappa shape index (κ2) is 10.5. The molecule has 1 aromatic carbocycles. The highest BCUT2D eigenvalue weighted by Gasteiger charge is 2.10. The van der Waals surface area contributed by atoms with Crippen LogP contribution in [0.3, 0.4) is 0 Å². The van der Waals surface area contributed by atoms with Crippen molar-refractivity contribution in [3.8, 4) is 10.4 Å². The van der Waals surface area contributed by atoms with Crippen molar-refractivity contribution in [3.05, 3.63) is 66.4 Å². The molecule has 0 spiro atoms. The van der Waals surface area contributed by atoms with Crippen molar-refractivity contribution in [2.45, 2.75) is 26.4 Å². The molecule has 23 heavy (non-hydrogen) atoms. The second-order valence-corrected chi connectivity index (χ2v) is 5.88. The fourth-order valence-electron chi connectivity index (χ4n) is 2.04. The molecule has 4 heteroatoms. The molecule has 0 bridgehead atoms. The number of hydrogen-bond donors (Lipinski definition) is 2. The summed E-state index contributed by atoms with van der Waals surface area (Å²) in [5.74, 6) is 0. The van der Waals surface area contributed by atoms with E-state index in [1.54, 1.807) is 11.3 Å². The van der Waals surface area contributed by atoms with Crippen molar-refractivity contribution in [2.24, 2.45) is 0 Å². The van der Waals surface area contributed by atoms with Gasteiger partial charge in [0.25, 0.3) is 0 Å². The first-order chi connectivity index (χ1) is 11.2. The van der Waals surface area contributed by atoms with Gasteiger partial charge in [-0.25, -0.2) is 0 Å². The summed E-state index contributed by atoms with van der Waals surface area (Å²) in [5, 5.41) is 13.9. The highest BCUT2D eigenvalue weighted by Crippen LogP contribution is 2.36. The average Bonchev–Trinajstić information content (AvgIpc) is 3.00. The fraction of sp³-hybridized carbons (Fsp3) is 0.211. The van der Waals surface area contributed by atoms with E-state index in [-0.39, 0.29) is 6.61 Å². The molecule has 1 heterocycles. The number of anilines is 1. The molecule has 0 aliphatic rings. The van der Waals surface area contributed by atoms with Crippen LogP contribution in [0, 0.1) is 0 Å². The van der Waals surface area contributed by atoms with Crippen molar-refractivity contribution in [2.75, 3.05) is 5.32 Å². The van der Waals surface area contributed by atoms with E-state index in [9.17, 15) is 5.11 Å². The maximum atomic E-state index is 9.53. The van der Waals surface area contributed by atoms with Crippen LogP contribution >= 0.6 is 11.3 Å². The van der Waals surface area contributed by atoms with Crippen LogP contribution in [0.5, 0.6) is 0 Å². The largest absolute Gasteiger partial charge is 0.392 e. The lowest BCUT2D eigenvalue weighted by molar-refractivity contribution is -0.0979. The Labute approximate surface area is 142 Å². The Morgan fingerprint density at radius 3 is 2.61 bits per heavy atom. The molecule has 0 atom stereocenters. The van der Waals surface area contributed by atoms with Crippen LogP contribution in [0.1, 0.15) is 25.3 Å². The third kappa shape index (κ3) is 5.85. The molecule has 0 saturated carbocycles. The number of thiophene rings is 1. The average molecular weight is 329 g/mol. The van der Waals surface area contributed by atoms with Crippen LogP contribution in [-0.4, -0.2) is 11.9 Å². The van der Waals surface area contributed by atoms with Gasteiger partial charge in [-0.15, -0.1) is 11.3 Å². The summed E-state index contributed by atoms with van der Waals surface area (Å²) in [4.78, 5) is 9.16. The maximum Gasteiger partial charge on any atom is 0.106 e. The standard InChI is InChI=1S/C18H21NOS.CH2O/c1-3-4-6-9-14(2)19-18-16(13-20)12-17(21-18)15-10-7-5-8-11-15;1-2/h3-5,7-8,10-12,19-20H,2,6,9,13H2,1H3;1H2/b4-3-;. The number of carbonyl (C=O) groups excluding carboxylic acids is 1. The number of benzene rings is 1. The molecule has 0 fully saturated rings. The van der Waals surface area contributed by atoms with Crippen molar-refractivity contribution in [1.29, 1.82) is 0 Å². The van der Waals surface area contributed by atoms with Crippen molar-refractivity contribution in [1.82, 2.24) is 0 Å². The van der Waals surface area contributed by atoms with E-state index < -0.39 is 0 Å². The highest BCUT2D eigenvalue weighted by molar-refractivity contribution is 7.19. The monoisotopic (exact) mass is 329 g/mol. The lowest BCUT2D eigenvalue weighted by atomic mass is 10.1. The zero-order valence-electron chi connectivity index (χ0n) is 13.4.